The molecule has 0 radical (unpaired) electrons. The lowest BCUT2D eigenvalue weighted by Gasteiger charge is -2.13. The number of ether oxygens (including phenoxy) is 2. The Morgan fingerprint density at radius 1 is 1.17 bits per heavy atom. The highest BCUT2D eigenvalue weighted by Gasteiger charge is 2.21. The molecule has 154 valence electrons. The number of esters is 1. The molecule has 0 fully saturated rings. The first-order chi connectivity index (χ1) is 14.3. The van der Waals surface area contributed by atoms with Crippen LogP contribution >= 0.6 is 0 Å². The van der Waals surface area contributed by atoms with Gasteiger partial charge in [0, 0.05) is 11.3 Å². The molecule has 7 nitrogen and oxygen atoms in total. The highest BCUT2D eigenvalue weighted by atomic mass is 16.5. The molecule has 2 aromatic rings. The van der Waals surface area contributed by atoms with Crippen LogP contribution < -0.4 is 10.1 Å². The topological polar surface area (TPSA) is 105 Å². The van der Waals surface area contributed by atoms with Crippen molar-refractivity contribution in [3.8, 4) is 11.8 Å². The third-order valence-electron chi connectivity index (χ3n) is 4.03. The van der Waals surface area contributed by atoms with Crippen LogP contribution in [0.2, 0.25) is 0 Å². The highest BCUT2D eigenvalue weighted by Crippen LogP contribution is 2.16. The molecule has 2 rings (SSSR count). The Bertz CT molecular complexity index is 1000. The Hall–Kier alpha value is -3.92. The molecule has 0 saturated carbocycles. The fraction of sp³-hybridized carbons (Fsp3) is 0.217. The molecular formula is C23H22N2O5. The molecule has 0 bridgehead atoms. The van der Waals surface area contributed by atoms with Gasteiger partial charge in [0.25, 0.3) is 5.91 Å². The number of carbonyl (C=O) groups is 3. The van der Waals surface area contributed by atoms with Crippen molar-refractivity contribution in [2.75, 3.05) is 11.9 Å². The molecule has 1 amide bonds. The number of Topliss-reactive ketones (excluding diaryl/α,β-unsaturated/α-hetero) is 1. The van der Waals surface area contributed by atoms with Crippen LogP contribution in [0.3, 0.4) is 0 Å². The molecule has 0 heterocycles. The number of benzene rings is 2. The molecule has 0 aliphatic heterocycles. The van der Waals surface area contributed by atoms with Crippen molar-refractivity contribution >= 4 is 29.4 Å². The summed E-state index contributed by atoms with van der Waals surface area (Å²) in [7, 11) is 0. The summed E-state index contributed by atoms with van der Waals surface area (Å²) < 4.78 is 10.5. The average Bonchev–Trinajstić information content (AvgIpc) is 2.73. The Kier molecular flexibility index (Phi) is 7.89. The normalized spacial score (nSPS) is 11.7. The van der Waals surface area contributed by atoms with Gasteiger partial charge in [0.05, 0.1) is 6.61 Å². The number of amides is 1. The van der Waals surface area contributed by atoms with Crippen molar-refractivity contribution in [3.05, 3.63) is 65.2 Å². The number of nitrogens with zero attached hydrogens (tertiary/aromatic N) is 1. The fourth-order valence-corrected chi connectivity index (χ4v) is 2.47. The van der Waals surface area contributed by atoms with Gasteiger partial charge in [0.2, 0.25) is 0 Å². The summed E-state index contributed by atoms with van der Waals surface area (Å²) in [5.41, 5.74) is 1.23. The van der Waals surface area contributed by atoms with E-state index < -0.39 is 18.0 Å². The zero-order valence-corrected chi connectivity index (χ0v) is 17.0. The highest BCUT2D eigenvalue weighted by molar-refractivity contribution is 6.01. The maximum absolute atomic E-state index is 12.3. The molecule has 30 heavy (non-hydrogen) atoms. The third-order valence-corrected chi connectivity index (χ3v) is 4.03. The number of carbonyl (C=O) groups excluding carboxylic acids is 3. The smallest absolute Gasteiger partial charge is 0.349 e. The molecule has 1 N–H and O–H groups in total. The van der Waals surface area contributed by atoms with E-state index >= 15 is 0 Å². The number of hydrogen-bond donors (Lipinski definition) is 1. The van der Waals surface area contributed by atoms with E-state index in [9.17, 15) is 19.6 Å². The summed E-state index contributed by atoms with van der Waals surface area (Å²) in [5, 5.41) is 11.9. The lowest BCUT2D eigenvalue weighted by Crippen LogP contribution is -2.30. The predicted molar refractivity (Wildman–Crippen MR) is 112 cm³/mol. The maximum Gasteiger partial charge on any atom is 0.349 e. The summed E-state index contributed by atoms with van der Waals surface area (Å²) in [6.45, 7) is 5.22. The van der Waals surface area contributed by atoms with Gasteiger partial charge in [-0.25, -0.2) is 4.79 Å². The van der Waals surface area contributed by atoms with Crippen LogP contribution in [0.15, 0.2) is 54.1 Å². The third kappa shape index (κ3) is 6.31. The van der Waals surface area contributed by atoms with Crippen LogP contribution in [-0.4, -0.2) is 30.4 Å². The summed E-state index contributed by atoms with van der Waals surface area (Å²) in [4.78, 5) is 36.1. The minimum atomic E-state index is -1.14. The van der Waals surface area contributed by atoms with Crippen molar-refractivity contribution in [3.63, 3.8) is 0 Å². The van der Waals surface area contributed by atoms with E-state index in [4.69, 9.17) is 9.47 Å². The van der Waals surface area contributed by atoms with Crippen LogP contribution in [0, 0.1) is 11.3 Å². The summed E-state index contributed by atoms with van der Waals surface area (Å²) in [5.74, 6) is -0.951. The fourth-order valence-electron chi connectivity index (χ4n) is 2.47. The summed E-state index contributed by atoms with van der Waals surface area (Å²) in [6, 6.07) is 15.1. The van der Waals surface area contributed by atoms with Crippen molar-refractivity contribution in [1.82, 2.24) is 0 Å². The minimum absolute atomic E-state index is 0.135. The van der Waals surface area contributed by atoms with Gasteiger partial charge in [0.15, 0.2) is 11.9 Å². The van der Waals surface area contributed by atoms with Gasteiger partial charge < -0.3 is 14.8 Å². The average molecular weight is 406 g/mol. The van der Waals surface area contributed by atoms with Crippen LogP contribution in [-0.2, 0) is 14.3 Å². The summed E-state index contributed by atoms with van der Waals surface area (Å²) >= 11 is 0. The Morgan fingerprint density at radius 2 is 1.87 bits per heavy atom. The van der Waals surface area contributed by atoms with Crippen molar-refractivity contribution in [1.29, 1.82) is 5.26 Å². The number of nitrogens with one attached hydrogen (secondary N) is 1. The van der Waals surface area contributed by atoms with Crippen LogP contribution in [0.1, 0.15) is 36.7 Å². The second kappa shape index (κ2) is 10.6. The van der Waals surface area contributed by atoms with E-state index in [0.29, 0.717) is 29.2 Å². The van der Waals surface area contributed by atoms with E-state index in [1.165, 1.54) is 26.0 Å². The Morgan fingerprint density at radius 3 is 2.47 bits per heavy atom. The first-order valence-corrected chi connectivity index (χ1v) is 9.31. The van der Waals surface area contributed by atoms with Gasteiger partial charge in [-0.2, -0.15) is 5.26 Å². The molecule has 0 saturated heterocycles. The van der Waals surface area contributed by atoms with Gasteiger partial charge >= 0.3 is 5.97 Å². The molecule has 0 unspecified atom stereocenters. The number of rotatable bonds is 8. The minimum Gasteiger partial charge on any atom is -0.494 e. The predicted octanol–water partition coefficient (Wildman–Crippen LogP) is 3.77. The van der Waals surface area contributed by atoms with E-state index in [-0.39, 0.29) is 11.4 Å². The first-order valence-electron chi connectivity index (χ1n) is 9.31. The SMILES string of the molecule is CCOc1ccc(/C=C(\C#N)C(=O)O[C@@H](C)C(=O)Nc2cccc(C(C)=O)c2)cc1. The largest absolute Gasteiger partial charge is 0.494 e. The molecule has 7 heteroatoms. The number of ketones is 1. The van der Waals surface area contributed by atoms with Gasteiger partial charge in [0.1, 0.15) is 17.4 Å². The molecule has 0 aromatic heterocycles. The number of nitriles is 1. The van der Waals surface area contributed by atoms with Gasteiger partial charge in [-0.15, -0.1) is 0 Å². The van der Waals surface area contributed by atoms with Crippen LogP contribution in [0.5, 0.6) is 5.75 Å². The standard InChI is InChI=1S/C23H22N2O5/c1-4-29-21-10-8-17(9-11-21)12-19(14-24)23(28)30-16(3)22(27)25-20-7-5-6-18(13-20)15(2)26/h5-13,16H,4H2,1-3H3,(H,25,27)/b19-12+/t16-/m0/s1. The first kappa shape index (κ1) is 22.4. The van der Waals surface area contributed by atoms with Crippen molar-refractivity contribution in [2.45, 2.75) is 26.9 Å². The quantitative estimate of drug-likeness (QED) is 0.310. The molecule has 2 aromatic carbocycles. The lowest BCUT2D eigenvalue weighted by molar-refractivity contribution is -0.148. The second-order valence-electron chi connectivity index (χ2n) is 6.35. The number of anilines is 1. The maximum atomic E-state index is 12.3. The van der Waals surface area contributed by atoms with E-state index in [0.717, 1.165) is 0 Å². The zero-order valence-electron chi connectivity index (χ0n) is 17.0. The lowest BCUT2D eigenvalue weighted by atomic mass is 10.1. The molecule has 0 aliphatic rings. The van der Waals surface area contributed by atoms with Gasteiger partial charge in [-0.1, -0.05) is 24.3 Å². The van der Waals surface area contributed by atoms with Gasteiger partial charge in [-0.05, 0) is 56.7 Å². The van der Waals surface area contributed by atoms with E-state index in [1.54, 1.807) is 48.5 Å². The van der Waals surface area contributed by atoms with Crippen LogP contribution in [0.25, 0.3) is 6.08 Å². The van der Waals surface area contributed by atoms with Gasteiger partial charge in [-0.3, -0.25) is 9.59 Å². The Labute approximate surface area is 174 Å². The summed E-state index contributed by atoms with van der Waals surface area (Å²) in [6.07, 6.45) is 0.231. The van der Waals surface area contributed by atoms with Crippen LogP contribution in [0.4, 0.5) is 5.69 Å². The van der Waals surface area contributed by atoms with Crippen molar-refractivity contribution in [2.24, 2.45) is 0 Å². The Balaban J connectivity index is 2.03. The number of hydrogen-bond acceptors (Lipinski definition) is 6. The molecular weight excluding hydrogens is 384 g/mol. The second-order valence-corrected chi connectivity index (χ2v) is 6.35. The van der Waals surface area contributed by atoms with E-state index in [1.807, 2.05) is 6.92 Å². The van der Waals surface area contributed by atoms with E-state index in [2.05, 4.69) is 5.32 Å². The monoisotopic (exact) mass is 406 g/mol. The molecule has 1 atom stereocenters. The van der Waals surface area contributed by atoms with Crippen molar-refractivity contribution < 1.29 is 23.9 Å². The molecule has 0 spiro atoms. The zero-order chi connectivity index (χ0) is 22.1. The molecule has 0 aliphatic carbocycles.